The molecule has 0 atom stereocenters. The van der Waals surface area contributed by atoms with Gasteiger partial charge in [-0.05, 0) is 71.9 Å². The van der Waals surface area contributed by atoms with Gasteiger partial charge in [-0.25, -0.2) is 0 Å². The number of nitrogens with one attached hydrogen (secondary N) is 2. The molecule has 1 aromatic heterocycles. The highest BCUT2D eigenvalue weighted by molar-refractivity contribution is 7.80. The summed E-state index contributed by atoms with van der Waals surface area (Å²) in [6.45, 7) is 2.72. The number of thiocarbonyl (C=S) groups is 1. The van der Waals surface area contributed by atoms with Crippen LogP contribution in [0.1, 0.15) is 20.9 Å². The molecule has 1 aliphatic rings. The molecule has 5 rings (SSSR count). The Bertz CT molecular complexity index is 1360. The maximum absolute atomic E-state index is 12.6. The number of rotatable bonds is 5. The number of nitrogens with zero attached hydrogens (tertiary/aromatic N) is 2. The molecule has 0 bridgehead atoms. The monoisotopic (exact) mass is 510 g/mol. The number of carbonyl (C=O) groups excluding carboxylic acids is 2. The van der Waals surface area contributed by atoms with Crippen molar-refractivity contribution in [1.82, 2.24) is 10.2 Å². The minimum absolute atomic E-state index is 0.0769. The molecule has 3 aromatic carbocycles. The number of carbonyl (C=O) groups is 2. The zero-order chi connectivity index (χ0) is 25.6. The summed E-state index contributed by atoms with van der Waals surface area (Å²) in [5.74, 6) is 0.0266. The number of hydrogen-bond acceptors (Lipinski definition) is 5. The van der Waals surface area contributed by atoms with Crippen LogP contribution in [0.25, 0.3) is 11.1 Å². The van der Waals surface area contributed by atoms with Crippen LogP contribution in [0.3, 0.4) is 0 Å². The lowest BCUT2D eigenvalue weighted by Gasteiger charge is -2.35. The Morgan fingerprint density at radius 2 is 1.43 bits per heavy atom. The third-order valence-electron chi connectivity index (χ3n) is 6.27. The molecule has 37 heavy (non-hydrogen) atoms. The number of amides is 2. The summed E-state index contributed by atoms with van der Waals surface area (Å²) < 4.78 is 5.23. The Morgan fingerprint density at radius 1 is 0.757 bits per heavy atom. The third-order valence-corrected chi connectivity index (χ3v) is 6.47. The number of furan rings is 1. The Morgan fingerprint density at radius 3 is 2.08 bits per heavy atom. The van der Waals surface area contributed by atoms with Gasteiger partial charge in [0.2, 0.25) is 0 Å². The van der Waals surface area contributed by atoms with Gasteiger partial charge in [-0.15, -0.1) is 0 Å². The first-order valence-electron chi connectivity index (χ1n) is 12.0. The lowest BCUT2D eigenvalue weighted by Crippen LogP contribution is -2.48. The maximum Gasteiger partial charge on any atom is 0.289 e. The summed E-state index contributed by atoms with van der Waals surface area (Å²) in [5, 5.41) is 6.03. The zero-order valence-corrected chi connectivity index (χ0v) is 20.9. The lowest BCUT2D eigenvalue weighted by molar-refractivity contribution is 0.0714. The van der Waals surface area contributed by atoms with E-state index in [2.05, 4.69) is 15.5 Å². The molecule has 1 fully saturated rings. The van der Waals surface area contributed by atoms with Gasteiger partial charge in [0.15, 0.2) is 10.9 Å². The first-order valence-corrected chi connectivity index (χ1v) is 12.4. The normalized spacial score (nSPS) is 13.2. The van der Waals surface area contributed by atoms with Crippen molar-refractivity contribution in [3.63, 3.8) is 0 Å². The molecule has 2 heterocycles. The standard InChI is InChI=1S/C29H26N4O3S/c34-27(23-10-8-22(9-11-23)21-5-2-1-3-6-21)31-29(37)30-24-12-14-25(15-13-24)32-16-18-33(19-17-32)28(35)26-7-4-20-36-26/h1-15,20H,16-19H2,(H2,30,31,34,37). The zero-order valence-electron chi connectivity index (χ0n) is 20.1. The summed E-state index contributed by atoms with van der Waals surface area (Å²) in [4.78, 5) is 29.1. The van der Waals surface area contributed by atoms with Crippen molar-refractivity contribution in [3.8, 4) is 11.1 Å². The van der Waals surface area contributed by atoms with Gasteiger partial charge in [-0.2, -0.15) is 0 Å². The molecule has 186 valence electrons. The summed E-state index contributed by atoms with van der Waals surface area (Å²) >= 11 is 5.35. The second kappa shape index (κ2) is 11.1. The highest BCUT2D eigenvalue weighted by Crippen LogP contribution is 2.21. The van der Waals surface area contributed by atoms with Gasteiger partial charge < -0.3 is 19.5 Å². The second-order valence-electron chi connectivity index (χ2n) is 8.66. The van der Waals surface area contributed by atoms with Gasteiger partial charge in [0.1, 0.15) is 0 Å². The Balaban J connectivity index is 1.11. The number of hydrogen-bond donors (Lipinski definition) is 2. The number of anilines is 2. The Labute approximate surface area is 220 Å². The molecule has 2 amide bonds. The second-order valence-corrected chi connectivity index (χ2v) is 9.06. The van der Waals surface area contributed by atoms with E-state index in [1.54, 1.807) is 24.3 Å². The lowest BCUT2D eigenvalue weighted by atomic mass is 10.0. The van der Waals surface area contributed by atoms with Crippen LogP contribution in [-0.4, -0.2) is 48.0 Å². The van der Waals surface area contributed by atoms with Crippen LogP contribution in [-0.2, 0) is 0 Å². The van der Waals surface area contributed by atoms with Gasteiger partial charge in [-0.1, -0.05) is 42.5 Å². The minimum Gasteiger partial charge on any atom is -0.459 e. The third kappa shape index (κ3) is 5.87. The van der Waals surface area contributed by atoms with Crippen molar-refractivity contribution in [1.29, 1.82) is 0 Å². The van der Waals surface area contributed by atoms with Crippen LogP contribution in [0.15, 0.2) is 102 Å². The summed E-state index contributed by atoms with van der Waals surface area (Å²) in [7, 11) is 0. The van der Waals surface area contributed by atoms with Gasteiger partial charge in [0.25, 0.3) is 11.8 Å². The van der Waals surface area contributed by atoms with Crippen molar-refractivity contribution in [2.45, 2.75) is 0 Å². The van der Waals surface area contributed by atoms with Gasteiger partial charge >= 0.3 is 0 Å². The van der Waals surface area contributed by atoms with E-state index in [0.717, 1.165) is 35.6 Å². The van der Waals surface area contributed by atoms with E-state index >= 15 is 0 Å². The molecule has 0 spiro atoms. The average Bonchev–Trinajstić information content (AvgIpc) is 3.49. The summed E-state index contributed by atoms with van der Waals surface area (Å²) in [6.07, 6.45) is 1.51. The molecule has 7 nitrogen and oxygen atoms in total. The predicted molar refractivity (Wildman–Crippen MR) is 149 cm³/mol. The highest BCUT2D eigenvalue weighted by Gasteiger charge is 2.23. The molecule has 2 N–H and O–H groups in total. The van der Waals surface area contributed by atoms with Crippen LogP contribution < -0.4 is 15.5 Å². The van der Waals surface area contributed by atoms with E-state index in [0.29, 0.717) is 24.4 Å². The molecule has 0 saturated carbocycles. The van der Waals surface area contributed by atoms with Crippen molar-refractivity contribution in [2.75, 3.05) is 36.4 Å². The van der Waals surface area contributed by atoms with Crippen molar-refractivity contribution >= 4 is 40.5 Å². The van der Waals surface area contributed by atoms with Crippen LogP contribution in [0.4, 0.5) is 11.4 Å². The van der Waals surface area contributed by atoms with E-state index in [9.17, 15) is 9.59 Å². The highest BCUT2D eigenvalue weighted by atomic mass is 32.1. The molecule has 1 aliphatic heterocycles. The molecule has 0 aliphatic carbocycles. The topological polar surface area (TPSA) is 77.8 Å². The van der Waals surface area contributed by atoms with Crippen molar-refractivity contribution in [2.24, 2.45) is 0 Å². The number of benzene rings is 3. The van der Waals surface area contributed by atoms with Crippen molar-refractivity contribution < 1.29 is 14.0 Å². The Kier molecular flexibility index (Phi) is 7.28. The van der Waals surface area contributed by atoms with Crippen LogP contribution >= 0.6 is 12.2 Å². The van der Waals surface area contributed by atoms with E-state index in [1.165, 1.54) is 6.26 Å². The molecule has 8 heteroatoms. The Hall–Kier alpha value is -4.43. The fraction of sp³-hybridized carbons (Fsp3) is 0.138. The molecule has 0 unspecified atom stereocenters. The van der Waals surface area contributed by atoms with E-state index in [-0.39, 0.29) is 16.9 Å². The molecule has 4 aromatic rings. The van der Waals surface area contributed by atoms with Gasteiger partial charge in [0.05, 0.1) is 6.26 Å². The quantitative estimate of drug-likeness (QED) is 0.367. The first kappa shape index (κ1) is 24.3. The van der Waals surface area contributed by atoms with E-state index in [1.807, 2.05) is 71.6 Å². The smallest absolute Gasteiger partial charge is 0.289 e. The predicted octanol–water partition coefficient (Wildman–Crippen LogP) is 5.04. The van der Waals surface area contributed by atoms with Crippen LogP contribution in [0.5, 0.6) is 0 Å². The van der Waals surface area contributed by atoms with Crippen molar-refractivity contribution in [3.05, 3.63) is 109 Å². The average molecular weight is 511 g/mol. The molecule has 0 radical (unpaired) electrons. The van der Waals surface area contributed by atoms with Crippen LogP contribution in [0, 0.1) is 0 Å². The summed E-state index contributed by atoms with van der Waals surface area (Å²) in [5.41, 5.74) is 4.51. The minimum atomic E-state index is -0.268. The fourth-order valence-corrected chi connectivity index (χ4v) is 4.47. The SMILES string of the molecule is O=C(NC(=S)Nc1ccc(N2CCN(C(=O)c3ccco3)CC2)cc1)c1ccc(-c2ccccc2)cc1. The number of piperazine rings is 1. The van der Waals surface area contributed by atoms with Gasteiger partial charge in [0, 0.05) is 43.1 Å². The molecular formula is C29H26N4O3S. The van der Waals surface area contributed by atoms with E-state index in [4.69, 9.17) is 16.6 Å². The van der Waals surface area contributed by atoms with Crippen LogP contribution in [0.2, 0.25) is 0 Å². The largest absolute Gasteiger partial charge is 0.459 e. The molecular weight excluding hydrogens is 484 g/mol. The fourth-order valence-electron chi connectivity index (χ4n) is 4.26. The first-order chi connectivity index (χ1) is 18.1. The van der Waals surface area contributed by atoms with Gasteiger partial charge in [-0.3, -0.25) is 14.9 Å². The summed E-state index contributed by atoms with van der Waals surface area (Å²) in [6, 6.07) is 28.7. The van der Waals surface area contributed by atoms with E-state index < -0.39 is 0 Å². The molecule has 1 saturated heterocycles. The maximum atomic E-state index is 12.6.